The van der Waals surface area contributed by atoms with E-state index in [1.165, 1.54) is 109 Å². The summed E-state index contributed by atoms with van der Waals surface area (Å²) in [5.41, 5.74) is 0. The zero-order chi connectivity index (χ0) is 20.0. The molecule has 0 aromatic carbocycles. The smallest absolute Gasteiger partial charge is 0.404 e. The van der Waals surface area contributed by atoms with Crippen molar-refractivity contribution in [2.45, 2.75) is 136 Å². The zero-order valence-electron chi connectivity index (χ0n) is 18.6. The lowest BCUT2D eigenvalue weighted by atomic mass is 10.0. The average Bonchev–Trinajstić information content (AvgIpc) is 2.62. The van der Waals surface area contributed by atoms with E-state index in [4.69, 9.17) is 5.11 Å². The molecule has 0 saturated carbocycles. The van der Waals surface area contributed by atoms with Crippen LogP contribution in [0.15, 0.2) is 0 Å². The maximum Gasteiger partial charge on any atom is 0.404 e. The summed E-state index contributed by atoms with van der Waals surface area (Å²) >= 11 is 0. The maximum atomic E-state index is 10.3. The van der Waals surface area contributed by atoms with Crippen LogP contribution < -0.4 is 5.32 Å². The number of hydrogen-bond acceptors (Lipinski definition) is 1. The van der Waals surface area contributed by atoms with Gasteiger partial charge < -0.3 is 10.4 Å². The average molecular weight is 384 g/mol. The van der Waals surface area contributed by atoms with Crippen molar-refractivity contribution >= 4 is 6.09 Å². The molecule has 0 aromatic heterocycles. The molecule has 0 aliphatic heterocycles. The molecular weight excluding hydrogens is 334 g/mol. The van der Waals surface area contributed by atoms with Gasteiger partial charge in [-0.1, -0.05) is 129 Å². The molecular formula is C24H49NO2. The van der Waals surface area contributed by atoms with Crippen molar-refractivity contribution in [3.05, 3.63) is 0 Å². The molecule has 0 spiro atoms. The Kier molecular flexibility index (Phi) is 21.0. The summed E-state index contributed by atoms with van der Waals surface area (Å²) in [7, 11) is 0. The van der Waals surface area contributed by atoms with Gasteiger partial charge in [0.15, 0.2) is 0 Å². The molecule has 0 aliphatic carbocycles. The van der Waals surface area contributed by atoms with Gasteiger partial charge in [-0.3, -0.25) is 0 Å². The second kappa shape index (κ2) is 21.6. The standard InChI is InChI=1S/C24H49NO2/c1-23(2)21-19-17-15-13-11-9-7-5-3-4-6-8-10-12-14-16-18-20-22-25-24(26)27/h23,25H,3-22H2,1-2H3,(H,26,27). The van der Waals surface area contributed by atoms with E-state index < -0.39 is 6.09 Å². The third-order valence-electron chi connectivity index (χ3n) is 5.48. The lowest BCUT2D eigenvalue weighted by Crippen LogP contribution is -2.21. The van der Waals surface area contributed by atoms with Gasteiger partial charge in [-0.05, 0) is 12.3 Å². The Hall–Kier alpha value is -0.730. The Balaban J connectivity index is 3.00. The predicted octanol–water partition coefficient (Wildman–Crippen LogP) is 8.32. The van der Waals surface area contributed by atoms with E-state index in [1.54, 1.807) is 0 Å². The quantitative estimate of drug-likeness (QED) is 0.196. The SMILES string of the molecule is CC(C)CCCCCCCCCCCCCCCCCCCCNC(=O)O. The second-order valence-corrected chi connectivity index (χ2v) is 8.78. The number of nitrogens with one attached hydrogen (secondary N) is 1. The van der Waals surface area contributed by atoms with Crippen LogP contribution in [0.2, 0.25) is 0 Å². The Bertz CT molecular complexity index is 305. The molecule has 2 N–H and O–H groups in total. The predicted molar refractivity (Wildman–Crippen MR) is 119 cm³/mol. The molecule has 3 nitrogen and oxygen atoms in total. The van der Waals surface area contributed by atoms with Crippen molar-refractivity contribution in [1.82, 2.24) is 5.32 Å². The summed E-state index contributed by atoms with van der Waals surface area (Å²) in [6.07, 6.45) is 25.2. The molecule has 0 atom stereocenters. The summed E-state index contributed by atoms with van der Waals surface area (Å²) in [6.45, 7) is 5.26. The molecule has 3 heteroatoms. The molecule has 0 saturated heterocycles. The molecule has 162 valence electrons. The van der Waals surface area contributed by atoms with Crippen LogP contribution in [0, 0.1) is 5.92 Å². The minimum Gasteiger partial charge on any atom is -0.465 e. The van der Waals surface area contributed by atoms with Crippen molar-refractivity contribution in [3.8, 4) is 0 Å². The third-order valence-corrected chi connectivity index (χ3v) is 5.48. The van der Waals surface area contributed by atoms with Crippen LogP contribution in [0.5, 0.6) is 0 Å². The Morgan fingerprint density at radius 2 is 0.889 bits per heavy atom. The van der Waals surface area contributed by atoms with E-state index in [1.807, 2.05) is 0 Å². The van der Waals surface area contributed by atoms with Crippen LogP contribution in [-0.2, 0) is 0 Å². The van der Waals surface area contributed by atoms with E-state index in [0.29, 0.717) is 6.54 Å². The monoisotopic (exact) mass is 383 g/mol. The Labute approximate surface area is 170 Å². The van der Waals surface area contributed by atoms with E-state index in [-0.39, 0.29) is 0 Å². The summed E-state index contributed by atoms with van der Waals surface area (Å²) < 4.78 is 0. The number of hydrogen-bond donors (Lipinski definition) is 2. The van der Waals surface area contributed by atoms with E-state index in [9.17, 15) is 4.79 Å². The van der Waals surface area contributed by atoms with Crippen LogP contribution in [-0.4, -0.2) is 17.7 Å². The first-order valence-corrected chi connectivity index (χ1v) is 12.1. The number of carboxylic acid groups (broad SMARTS) is 1. The van der Waals surface area contributed by atoms with Crippen LogP contribution in [0.1, 0.15) is 136 Å². The van der Waals surface area contributed by atoms with E-state index >= 15 is 0 Å². The molecule has 0 rings (SSSR count). The summed E-state index contributed by atoms with van der Waals surface area (Å²) in [4.78, 5) is 10.3. The normalized spacial score (nSPS) is 11.2. The van der Waals surface area contributed by atoms with Gasteiger partial charge in [0.2, 0.25) is 0 Å². The van der Waals surface area contributed by atoms with Crippen molar-refractivity contribution < 1.29 is 9.90 Å². The highest BCUT2D eigenvalue weighted by molar-refractivity contribution is 5.64. The fourth-order valence-corrected chi connectivity index (χ4v) is 3.70. The first-order chi connectivity index (χ1) is 13.1. The van der Waals surface area contributed by atoms with Crippen molar-refractivity contribution in [3.63, 3.8) is 0 Å². The van der Waals surface area contributed by atoms with Gasteiger partial charge in [0.05, 0.1) is 0 Å². The minimum absolute atomic E-state index is 0.605. The lowest BCUT2D eigenvalue weighted by Gasteiger charge is -2.05. The van der Waals surface area contributed by atoms with Crippen molar-refractivity contribution in [1.29, 1.82) is 0 Å². The van der Waals surface area contributed by atoms with Gasteiger partial charge in [-0.15, -0.1) is 0 Å². The molecule has 0 bridgehead atoms. The fourth-order valence-electron chi connectivity index (χ4n) is 3.70. The highest BCUT2D eigenvalue weighted by Gasteiger charge is 1.97. The van der Waals surface area contributed by atoms with Crippen LogP contribution in [0.4, 0.5) is 4.79 Å². The van der Waals surface area contributed by atoms with Crippen LogP contribution in [0.3, 0.4) is 0 Å². The van der Waals surface area contributed by atoms with E-state index in [0.717, 1.165) is 18.8 Å². The highest BCUT2D eigenvalue weighted by atomic mass is 16.4. The lowest BCUT2D eigenvalue weighted by molar-refractivity contribution is 0.194. The summed E-state index contributed by atoms with van der Waals surface area (Å²) in [5, 5.41) is 10.9. The summed E-state index contributed by atoms with van der Waals surface area (Å²) in [5.74, 6) is 0.879. The first-order valence-electron chi connectivity index (χ1n) is 12.1. The fraction of sp³-hybridized carbons (Fsp3) is 0.958. The van der Waals surface area contributed by atoms with Gasteiger partial charge in [-0.2, -0.15) is 0 Å². The van der Waals surface area contributed by atoms with Crippen molar-refractivity contribution in [2.24, 2.45) is 5.92 Å². The first kappa shape index (κ1) is 26.3. The Morgan fingerprint density at radius 1 is 0.593 bits per heavy atom. The number of unbranched alkanes of at least 4 members (excludes halogenated alkanes) is 17. The van der Waals surface area contributed by atoms with E-state index in [2.05, 4.69) is 19.2 Å². The zero-order valence-corrected chi connectivity index (χ0v) is 18.6. The molecule has 0 radical (unpaired) electrons. The van der Waals surface area contributed by atoms with Crippen LogP contribution in [0.25, 0.3) is 0 Å². The topological polar surface area (TPSA) is 49.3 Å². The second-order valence-electron chi connectivity index (χ2n) is 8.78. The van der Waals surface area contributed by atoms with Gasteiger partial charge in [0, 0.05) is 6.54 Å². The molecule has 0 heterocycles. The molecule has 0 fully saturated rings. The third kappa shape index (κ3) is 25.3. The summed E-state index contributed by atoms with van der Waals surface area (Å²) in [6, 6.07) is 0. The van der Waals surface area contributed by atoms with Gasteiger partial charge in [0.1, 0.15) is 0 Å². The van der Waals surface area contributed by atoms with Gasteiger partial charge >= 0.3 is 6.09 Å². The van der Waals surface area contributed by atoms with Crippen LogP contribution >= 0.6 is 0 Å². The van der Waals surface area contributed by atoms with Gasteiger partial charge in [-0.25, -0.2) is 4.79 Å². The molecule has 0 aliphatic rings. The van der Waals surface area contributed by atoms with Crippen molar-refractivity contribution in [2.75, 3.05) is 6.54 Å². The number of amides is 1. The number of rotatable bonds is 21. The largest absolute Gasteiger partial charge is 0.465 e. The number of carbonyl (C=O) groups is 1. The minimum atomic E-state index is -0.900. The molecule has 27 heavy (non-hydrogen) atoms. The molecule has 1 amide bonds. The maximum absolute atomic E-state index is 10.3. The Morgan fingerprint density at radius 3 is 1.19 bits per heavy atom. The highest BCUT2D eigenvalue weighted by Crippen LogP contribution is 2.15. The molecule has 0 unspecified atom stereocenters. The van der Waals surface area contributed by atoms with Gasteiger partial charge in [0.25, 0.3) is 0 Å². The molecule has 0 aromatic rings.